The lowest BCUT2D eigenvalue weighted by Gasteiger charge is -2.57. The molecule has 0 spiro atoms. The molecule has 1 aromatic carbocycles. The zero-order chi connectivity index (χ0) is 17.1. The highest BCUT2D eigenvalue weighted by Gasteiger charge is 2.62. The number of amides is 1. The van der Waals surface area contributed by atoms with E-state index in [0.717, 1.165) is 11.1 Å². The molecule has 2 atom stereocenters. The van der Waals surface area contributed by atoms with Gasteiger partial charge in [-0.3, -0.25) is 4.79 Å². The van der Waals surface area contributed by atoms with E-state index in [0.29, 0.717) is 26.2 Å². The summed E-state index contributed by atoms with van der Waals surface area (Å²) in [6, 6.07) is 7.91. The van der Waals surface area contributed by atoms with E-state index in [2.05, 4.69) is 5.32 Å². The molecule has 1 aliphatic carbocycles. The van der Waals surface area contributed by atoms with E-state index in [4.69, 9.17) is 15.2 Å². The summed E-state index contributed by atoms with van der Waals surface area (Å²) in [6.45, 7) is 7.56. The fourth-order valence-corrected chi connectivity index (χ4v) is 3.18. The minimum absolute atomic E-state index is 0.0315. The summed E-state index contributed by atoms with van der Waals surface area (Å²) in [7, 11) is 1.66. The van der Waals surface area contributed by atoms with E-state index < -0.39 is 5.54 Å². The number of carbonyl (C=O) groups excluding carboxylic acids is 1. The van der Waals surface area contributed by atoms with Gasteiger partial charge >= 0.3 is 0 Å². The van der Waals surface area contributed by atoms with Crippen molar-refractivity contribution in [2.45, 2.75) is 52.0 Å². The second kappa shape index (κ2) is 6.99. The Morgan fingerprint density at radius 3 is 2.57 bits per heavy atom. The minimum atomic E-state index is -0.886. The van der Waals surface area contributed by atoms with Gasteiger partial charge in [-0.1, -0.05) is 38.1 Å². The third-order valence-corrected chi connectivity index (χ3v) is 5.09. The highest BCUT2D eigenvalue weighted by Crippen LogP contribution is 2.49. The first kappa shape index (κ1) is 17.9. The summed E-state index contributed by atoms with van der Waals surface area (Å²) < 4.78 is 10.9. The summed E-state index contributed by atoms with van der Waals surface area (Å²) in [5.74, 6) is -0.120. The van der Waals surface area contributed by atoms with E-state index in [-0.39, 0.29) is 17.4 Å². The molecule has 128 valence electrons. The van der Waals surface area contributed by atoms with Crippen LogP contribution in [-0.2, 0) is 27.4 Å². The Labute approximate surface area is 138 Å². The molecule has 1 aliphatic rings. The van der Waals surface area contributed by atoms with Crippen molar-refractivity contribution in [3.63, 3.8) is 0 Å². The number of ether oxygens (including phenoxy) is 2. The molecule has 1 saturated carbocycles. The van der Waals surface area contributed by atoms with Gasteiger partial charge in [-0.05, 0) is 18.1 Å². The standard InChI is InChI=1S/C18H28N2O3/c1-5-23-15-10-18(19,17(15,2)3)16(21)20-11-13-8-6-7-9-14(13)12-22-4/h6-9,15H,5,10-12,19H2,1-4H3,(H,20,21). The Balaban J connectivity index is 2.01. The molecule has 3 N–H and O–H groups in total. The Morgan fingerprint density at radius 1 is 1.35 bits per heavy atom. The van der Waals surface area contributed by atoms with Crippen LogP contribution in [-0.4, -0.2) is 31.3 Å². The average Bonchev–Trinajstić information content (AvgIpc) is 2.53. The second-order valence-corrected chi connectivity index (χ2v) is 6.73. The fraction of sp³-hybridized carbons (Fsp3) is 0.611. The monoisotopic (exact) mass is 320 g/mol. The largest absolute Gasteiger partial charge is 0.380 e. The second-order valence-electron chi connectivity index (χ2n) is 6.73. The Morgan fingerprint density at radius 2 is 2.00 bits per heavy atom. The van der Waals surface area contributed by atoms with Crippen LogP contribution in [0.25, 0.3) is 0 Å². The van der Waals surface area contributed by atoms with Crippen molar-refractivity contribution in [1.82, 2.24) is 5.32 Å². The van der Waals surface area contributed by atoms with Gasteiger partial charge in [-0.25, -0.2) is 0 Å². The molecule has 0 heterocycles. The molecule has 5 heteroatoms. The molecule has 0 saturated heterocycles. The van der Waals surface area contributed by atoms with Gasteiger partial charge in [0.25, 0.3) is 0 Å². The number of benzene rings is 1. The minimum Gasteiger partial charge on any atom is -0.380 e. The predicted octanol–water partition coefficient (Wildman–Crippen LogP) is 1.98. The number of carbonyl (C=O) groups is 1. The lowest BCUT2D eigenvalue weighted by molar-refractivity contribution is -0.170. The van der Waals surface area contributed by atoms with E-state index in [1.165, 1.54) is 0 Å². The molecule has 23 heavy (non-hydrogen) atoms. The van der Waals surface area contributed by atoms with Crippen molar-refractivity contribution < 1.29 is 14.3 Å². The van der Waals surface area contributed by atoms with Gasteiger partial charge < -0.3 is 20.5 Å². The quantitative estimate of drug-likeness (QED) is 0.806. The molecular weight excluding hydrogens is 292 g/mol. The van der Waals surface area contributed by atoms with E-state index in [9.17, 15) is 4.79 Å². The first-order chi connectivity index (χ1) is 10.9. The van der Waals surface area contributed by atoms with Crippen LogP contribution < -0.4 is 11.1 Å². The highest BCUT2D eigenvalue weighted by atomic mass is 16.5. The van der Waals surface area contributed by atoms with Crippen molar-refractivity contribution in [3.05, 3.63) is 35.4 Å². The molecule has 1 amide bonds. The number of hydrogen-bond acceptors (Lipinski definition) is 4. The lowest BCUT2D eigenvalue weighted by atomic mass is 9.54. The predicted molar refractivity (Wildman–Crippen MR) is 89.7 cm³/mol. The van der Waals surface area contributed by atoms with Crippen molar-refractivity contribution in [1.29, 1.82) is 0 Å². The average molecular weight is 320 g/mol. The van der Waals surface area contributed by atoms with Gasteiger partial charge in [0.15, 0.2) is 0 Å². The summed E-state index contributed by atoms with van der Waals surface area (Å²) >= 11 is 0. The van der Waals surface area contributed by atoms with Crippen LogP contribution in [0.1, 0.15) is 38.3 Å². The number of methoxy groups -OCH3 is 1. The summed E-state index contributed by atoms with van der Waals surface area (Å²) in [4.78, 5) is 12.6. The first-order valence-corrected chi connectivity index (χ1v) is 8.11. The van der Waals surface area contributed by atoms with Crippen LogP contribution in [0.4, 0.5) is 0 Å². The maximum Gasteiger partial charge on any atom is 0.241 e. The third kappa shape index (κ3) is 3.27. The Hall–Kier alpha value is -1.43. The molecular formula is C18H28N2O3. The summed E-state index contributed by atoms with van der Waals surface area (Å²) in [6.07, 6.45) is 0.586. The van der Waals surface area contributed by atoms with Crippen molar-refractivity contribution >= 4 is 5.91 Å². The van der Waals surface area contributed by atoms with Crippen LogP contribution in [0.15, 0.2) is 24.3 Å². The maximum atomic E-state index is 12.6. The van der Waals surface area contributed by atoms with E-state index >= 15 is 0 Å². The van der Waals surface area contributed by atoms with Gasteiger partial charge in [-0.15, -0.1) is 0 Å². The maximum absolute atomic E-state index is 12.6. The Kier molecular flexibility index (Phi) is 5.45. The zero-order valence-electron chi connectivity index (χ0n) is 14.5. The molecule has 1 fully saturated rings. The van der Waals surface area contributed by atoms with Crippen molar-refractivity contribution in [2.24, 2.45) is 11.1 Å². The van der Waals surface area contributed by atoms with Gasteiger partial charge in [0.2, 0.25) is 5.91 Å². The van der Waals surface area contributed by atoms with Crippen LogP contribution >= 0.6 is 0 Å². The SMILES string of the molecule is CCOC1CC(N)(C(=O)NCc2ccccc2COC)C1(C)C. The first-order valence-electron chi connectivity index (χ1n) is 8.11. The molecule has 2 rings (SSSR count). The van der Waals surface area contributed by atoms with Crippen LogP contribution in [0.5, 0.6) is 0 Å². The van der Waals surface area contributed by atoms with E-state index in [1.807, 2.05) is 45.0 Å². The number of nitrogens with two attached hydrogens (primary N) is 1. The topological polar surface area (TPSA) is 73.6 Å². The molecule has 5 nitrogen and oxygen atoms in total. The third-order valence-electron chi connectivity index (χ3n) is 5.09. The highest BCUT2D eigenvalue weighted by molar-refractivity contribution is 5.88. The lowest BCUT2D eigenvalue weighted by Crippen LogP contribution is -2.75. The number of rotatable bonds is 7. The van der Waals surface area contributed by atoms with E-state index in [1.54, 1.807) is 7.11 Å². The number of hydrogen-bond donors (Lipinski definition) is 2. The summed E-state index contributed by atoms with van der Waals surface area (Å²) in [5, 5.41) is 2.98. The van der Waals surface area contributed by atoms with Crippen molar-refractivity contribution in [3.8, 4) is 0 Å². The normalized spacial score (nSPS) is 25.7. The van der Waals surface area contributed by atoms with Crippen LogP contribution in [0.3, 0.4) is 0 Å². The molecule has 2 unspecified atom stereocenters. The van der Waals surface area contributed by atoms with Gasteiger partial charge in [0.05, 0.1) is 12.7 Å². The molecule has 1 aromatic rings. The summed E-state index contributed by atoms with van der Waals surface area (Å²) in [5.41, 5.74) is 7.24. The van der Waals surface area contributed by atoms with Gasteiger partial charge in [-0.2, -0.15) is 0 Å². The molecule has 0 aromatic heterocycles. The molecule has 0 radical (unpaired) electrons. The molecule has 0 bridgehead atoms. The van der Waals surface area contributed by atoms with Crippen molar-refractivity contribution in [2.75, 3.05) is 13.7 Å². The smallest absolute Gasteiger partial charge is 0.241 e. The van der Waals surface area contributed by atoms with Gasteiger partial charge in [0.1, 0.15) is 5.54 Å². The van der Waals surface area contributed by atoms with Gasteiger partial charge in [0, 0.05) is 32.1 Å². The number of nitrogens with one attached hydrogen (secondary N) is 1. The Bertz CT molecular complexity index is 559. The fourth-order valence-electron chi connectivity index (χ4n) is 3.18. The van der Waals surface area contributed by atoms with Crippen LogP contribution in [0, 0.1) is 5.41 Å². The zero-order valence-corrected chi connectivity index (χ0v) is 14.5. The van der Waals surface area contributed by atoms with Crippen LogP contribution in [0.2, 0.25) is 0 Å². The molecule has 0 aliphatic heterocycles.